The predicted molar refractivity (Wildman–Crippen MR) is 92.0 cm³/mol. The minimum Gasteiger partial charge on any atom is -0.444 e. The van der Waals surface area contributed by atoms with Crippen LogP contribution in [0.3, 0.4) is 0 Å². The monoisotopic (exact) mass is 345 g/mol. The third-order valence-electron chi connectivity index (χ3n) is 3.17. The van der Waals surface area contributed by atoms with Gasteiger partial charge in [0.1, 0.15) is 11.6 Å². The number of alkyl carbamates (subject to hydrolysis) is 1. The van der Waals surface area contributed by atoms with Gasteiger partial charge in [-0.15, -0.1) is 0 Å². The van der Waals surface area contributed by atoms with Gasteiger partial charge in [-0.2, -0.15) is 5.10 Å². The van der Waals surface area contributed by atoms with E-state index >= 15 is 0 Å². The second kappa shape index (κ2) is 7.78. The molecular weight excluding hydrogens is 322 g/mol. The molecule has 2 rings (SSSR count). The molecule has 0 saturated heterocycles. The van der Waals surface area contributed by atoms with Crippen molar-refractivity contribution in [1.29, 1.82) is 0 Å². The molecule has 2 aromatic heterocycles. The summed E-state index contributed by atoms with van der Waals surface area (Å²) in [5.74, 6) is 0.321. The van der Waals surface area contributed by atoms with Crippen LogP contribution in [0.15, 0.2) is 36.8 Å². The zero-order chi connectivity index (χ0) is 18.4. The molecular formula is C17H23N5O3. The lowest BCUT2D eigenvalue weighted by atomic mass is 10.2. The van der Waals surface area contributed by atoms with Crippen LogP contribution in [0.25, 0.3) is 5.82 Å². The van der Waals surface area contributed by atoms with Crippen molar-refractivity contribution < 1.29 is 14.3 Å². The van der Waals surface area contributed by atoms with E-state index in [1.807, 2.05) is 6.07 Å². The summed E-state index contributed by atoms with van der Waals surface area (Å²) in [7, 11) is 0. The molecule has 1 atom stereocenters. The molecule has 0 aromatic carbocycles. The normalized spacial score (nSPS) is 12.3. The Morgan fingerprint density at radius 1 is 1.28 bits per heavy atom. The Kier molecular flexibility index (Phi) is 5.74. The quantitative estimate of drug-likeness (QED) is 0.861. The number of nitrogens with zero attached hydrogens (tertiary/aromatic N) is 3. The summed E-state index contributed by atoms with van der Waals surface area (Å²) in [5, 5.41) is 9.44. The van der Waals surface area contributed by atoms with Crippen LogP contribution in [0.5, 0.6) is 0 Å². The fourth-order valence-electron chi connectivity index (χ4n) is 2.05. The number of hydrogen-bond acceptors (Lipinski definition) is 5. The second-order valence-electron chi connectivity index (χ2n) is 6.52. The van der Waals surface area contributed by atoms with Crippen molar-refractivity contribution in [2.24, 2.45) is 0 Å². The number of carbonyl (C=O) groups is 2. The molecule has 2 aromatic rings. The van der Waals surface area contributed by atoms with Crippen LogP contribution in [0.1, 0.15) is 33.3 Å². The molecule has 134 valence electrons. The van der Waals surface area contributed by atoms with Crippen LogP contribution in [-0.4, -0.2) is 38.4 Å². The lowest BCUT2D eigenvalue weighted by Crippen LogP contribution is -2.46. The first-order valence-corrected chi connectivity index (χ1v) is 7.97. The van der Waals surface area contributed by atoms with Crippen molar-refractivity contribution in [3.05, 3.63) is 42.4 Å². The molecule has 8 heteroatoms. The third-order valence-corrected chi connectivity index (χ3v) is 3.17. The van der Waals surface area contributed by atoms with Crippen LogP contribution < -0.4 is 10.6 Å². The predicted octanol–water partition coefficient (Wildman–Crippen LogP) is 1.80. The molecule has 0 radical (unpaired) electrons. The topological polar surface area (TPSA) is 98.1 Å². The Bertz CT molecular complexity index is 722. The van der Waals surface area contributed by atoms with Gasteiger partial charge in [-0.1, -0.05) is 6.07 Å². The Balaban J connectivity index is 1.93. The van der Waals surface area contributed by atoms with E-state index in [1.54, 1.807) is 63.1 Å². The molecule has 25 heavy (non-hydrogen) atoms. The van der Waals surface area contributed by atoms with Crippen molar-refractivity contribution in [2.45, 2.75) is 45.9 Å². The van der Waals surface area contributed by atoms with E-state index in [4.69, 9.17) is 4.74 Å². The molecule has 2 N–H and O–H groups in total. The average Bonchev–Trinajstić information content (AvgIpc) is 3.05. The second-order valence-corrected chi connectivity index (χ2v) is 6.52. The Hall–Kier alpha value is -2.90. The lowest BCUT2D eigenvalue weighted by Gasteiger charge is -2.21. The van der Waals surface area contributed by atoms with Gasteiger partial charge in [0.25, 0.3) is 0 Å². The number of nitrogens with one attached hydrogen (secondary N) is 2. The molecule has 0 unspecified atom stereocenters. The van der Waals surface area contributed by atoms with E-state index in [0.717, 1.165) is 5.56 Å². The molecule has 0 bridgehead atoms. The van der Waals surface area contributed by atoms with Gasteiger partial charge in [0.05, 0.1) is 0 Å². The lowest BCUT2D eigenvalue weighted by molar-refractivity contribution is -0.122. The maximum absolute atomic E-state index is 12.2. The fourth-order valence-corrected chi connectivity index (χ4v) is 2.05. The molecule has 0 aliphatic carbocycles. The number of hydrogen-bond donors (Lipinski definition) is 2. The van der Waals surface area contributed by atoms with Gasteiger partial charge < -0.3 is 15.4 Å². The molecule has 2 amide bonds. The number of rotatable bonds is 5. The minimum atomic E-state index is -0.723. The summed E-state index contributed by atoms with van der Waals surface area (Å²) in [6.07, 6.45) is 4.47. The van der Waals surface area contributed by atoms with Crippen molar-refractivity contribution in [3.63, 3.8) is 0 Å². The molecule has 0 saturated carbocycles. The van der Waals surface area contributed by atoms with E-state index in [9.17, 15) is 9.59 Å². The zero-order valence-electron chi connectivity index (χ0n) is 14.8. The number of carbonyl (C=O) groups excluding carboxylic acids is 2. The highest BCUT2D eigenvalue weighted by Gasteiger charge is 2.21. The van der Waals surface area contributed by atoms with Gasteiger partial charge in [0.2, 0.25) is 5.91 Å². The zero-order valence-corrected chi connectivity index (χ0v) is 14.8. The highest BCUT2D eigenvalue weighted by atomic mass is 16.6. The van der Waals surface area contributed by atoms with Gasteiger partial charge >= 0.3 is 6.09 Å². The standard InChI is InChI=1S/C17H23N5O3/c1-12(21-16(24)25-17(2,3)4)15(23)19-11-13-7-5-8-18-14(13)22-10-6-9-20-22/h5-10,12H,11H2,1-4H3,(H,19,23)(H,21,24)/t12-/m1/s1. The van der Waals surface area contributed by atoms with Gasteiger partial charge in [-0.05, 0) is 39.8 Å². The molecule has 0 fully saturated rings. The Morgan fingerprint density at radius 3 is 2.68 bits per heavy atom. The number of ether oxygens (including phenoxy) is 1. The van der Waals surface area contributed by atoms with Crippen molar-refractivity contribution in [2.75, 3.05) is 0 Å². The maximum atomic E-state index is 12.2. The SMILES string of the molecule is C[C@@H](NC(=O)OC(C)(C)C)C(=O)NCc1cccnc1-n1cccn1. The number of amides is 2. The number of pyridine rings is 1. The summed E-state index contributed by atoms with van der Waals surface area (Å²) in [5.41, 5.74) is 0.193. The van der Waals surface area contributed by atoms with Gasteiger partial charge in [0, 0.05) is 30.7 Å². The van der Waals surface area contributed by atoms with Crippen LogP contribution in [0.2, 0.25) is 0 Å². The fraction of sp³-hybridized carbons (Fsp3) is 0.412. The smallest absolute Gasteiger partial charge is 0.408 e. The highest BCUT2D eigenvalue weighted by molar-refractivity contribution is 5.85. The van der Waals surface area contributed by atoms with Crippen LogP contribution in [-0.2, 0) is 16.1 Å². The van der Waals surface area contributed by atoms with Gasteiger partial charge in [0.15, 0.2) is 5.82 Å². The molecule has 0 aliphatic rings. The summed E-state index contributed by atoms with van der Waals surface area (Å²) >= 11 is 0. The average molecular weight is 345 g/mol. The summed E-state index contributed by atoms with van der Waals surface area (Å²) in [6.45, 7) is 7.14. The first kappa shape index (κ1) is 18.4. The molecule has 2 heterocycles. The van der Waals surface area contributed by atoms with Crippen molar-refractivity contribution >= 4 is 12.0 Å². The van der Waals surface area contributed by atoms with Crippen LogP contribution >= 0.6 is 0 Å². The van der Waals surface area contributed by atoms with Crippen molar-refractivity contribution in [3.8, 4) is 5.82 Å². The Morgan fingerprint density at radius 2 is 2.04 bits per heavy atom. The summed E-state index contributed by atoms with van der Waals surface area (Å²) in [4.78, 5) is 28.2. The minimum absolute atomic E-state index is 0.266. The number of aromatic nitrogens is 3. The molecule has 8 nitrogen and oxygen atoms in total. The largest absolute Gasteiger partial charge is 0.444 e. The summed E-state index contributed by atoms with van der Waals surface area (Å²) in [6, 6.07) is 4.72. The first-order chi connectivity index (χ1) is 11.8. The van der Waals surface area contributed by atoms with Gasteiger partial charge in [-0.25, -0.2) is 14.5 Å². The summed E-state index contributed by atoms with van der Waals surface area (Å²) < 4.78 is 6.77. The van der Waals surface area contributed by atoms with Crippen molar-refractivity contribution in [1.82, 2.24) is 25.4 Å². The van der Waals surface area contributed by atoms with E-state index in [1.165, 1.54) is 0 Å². The highest BCUT2D eigenvalue weighted by Crippen LogP contribution is 2.10. The van der Waals surface area contributed by atoms with E-state index < -0.39 is 17.7 Å². The first-order valence-electron chi connectivity index (χ1n) is 7.97. The van der Waals surface area contributed by atoms with E-state index in [-0.39, 0.29) is 12.5 Å². The third kappa shape index (κ3) is 5.59. The Labute approximate surface area is 146 Å². The maximum Gasteiger partial charge on any atom is 0.408 e. The van der Waals surface area contributed by atoms with Gasteiger partial charge in [-0.3, -0.25) is 4.79 Å². The van der Waals surface area contributed by atoms with E-state index in [0.29, 0.717) is 5.82 Å². The molecule has 0 aliphatic heterocycles. The van der Waals surface area contributed by atoms with Crippen LogP contribution in [0.4, 0.5) is 4.79 Å². The van der Waals surface area contributed by atoms with E-state index in [2.05, 4.69) is 20.7 Å². The van der Waals surface area contributed by atoms with Crippen LogP contribution in [0, 0.1) is 0 Å². The molecule has 0 spiro atoms.